The minimum absolute atomic E-state index is 0.0314. The van der Waals surface area contributed by atoms with Crippen molar-refractivity contribution in [2.24, 2.45) is 7.05 Å². The highest BCUT2D eigenvalue weighted by molar-refractivity contribution is 5.88. The second-order valence-electron chi connectivity index (χ2n) is 4.00. The Kier molecular flexibility index (Phi) is 2.35. The molecule has 0 fully saturated rings. The van der Waals surface area contributed by atoms with Gasteiger partial charge in [0.1, 0.15) is 6.29 Å². The van der Waals surface area contributed by atoms with Crippen LogP contribution >= 0.6 is 0 Å². The number of aldehydes is 1. The van der Waals surface area contributed by atoms with Gasteiger partial charge in [-0.3, -0.25) is 0 Å². The highest BCUT2D eigenvalue weighted by Gasteiger charge is 2.15. The summed E-state index contributed by atoms with van der Waals surface area (Å²) in [6, 6.07) is 8.21. The summed E-state index contributed by atoms with van der Waals surface area (Å²) in [5.41, 5.74) is 3.53. The minimum Gasteiger partial charge on any atom is -0.348 e. The van der Waals surface area contributed by atoms with E-state index in [0.29, 0.717) is 0 Å². The van der Waals surface area contributed by atoms with Crippen LogP contribution in [0.15, 0.2) is 24.3 Å². The normalized spacial score (nSPS) is 13.0. The third-order valence-corrected chi connectivity index (χ3v) is 3.11. The molecule has 0 radical (unpaired) electrons. The molecule has 2 rings (SSSR count). The van der Waals surface area contributed by atoms with E-state index in [1.807, 2.05) is 26.1 Å². The fourth-order valence-electron chi connectivity index (χ4n) is 2.19. The van der Waals surface area contributed by atoms with Crippen LogP contribution in [0.3, 0.4) is 0 Å². The van der Waals surface area contributed by atoms with Gasteiger partial charge < -0.3 is 9.36 Å². The molecule has 0 saturated carbocycles. The number of benzene rings is 1. The fourth-order valence-corrected chi connectivity index (χ4v) is 2.19. The lowest BCUT2D eigenvalue weighted by atomic mass is 9.99. The first-order chi connectivity index (χ1) is 7.16. The van der Waals surface area contributed by atoms with E-state index < -0.39 is 0 Å². The molecule has 2 heteroatoms. The molecule has 0 bridgehead atoms. The zero-order chi connectivity index (χ0) is 11.0. The summed E-state index contributed by atoms with van der Waals surface area (Å²) >= 11 is 0. The molecule has 15 heavy (non-hydrogen) atoms. The molecule has 0 amide bonds. The number of fused-ring (bicyclic) bond motifs is 1. The Hall–Kier alpha value is -1.57. The topological polar surface area (TPSA) is 22.0 Å². The lowest BCUT2D eigenvalue weighted by Gasteiger charge is -2.04. The Bertz CT molecular complexity index is 510. The van der Waals surface area contributed by atoms with Crippen molar-refractivity contribution in [2.75, 3.05) is 0 Å². The molecule has 0 aliphatic rings. The predicted molar refractivity (Wildman–Crippen MR) is 62.1 cm³/mol. The summed E-state index contributed by atoms with van der Waals surface area (Å²) in [6.45, 7) is 4.01. The molecule has 2 aromatic rings. The number of hydrogen-bond acceptors (Lipinski definition) is 1. The van der Waals surface area contributed by atoms with Crippen LogP contribution in [0.5, 0.6) is 0 Å². The van der Waals surface area contributed by atoms with Gasteiger partial charge >= 0.3 is 0 Å². The van der Waals surface area contributed by atoms with Gasteiger partial charge in [-0.25, -0.2) is 0 Å². The lowest BCUT2D eigenvalue weighted by Crippen LogP contribution is -1.97. The summed E-state index contributed by atoms with van der Waals surface area (Å²) < 4.78 is 2.14. The first-order valence-corrected chi connectivity index (χ1v) is 5.16. The molecule has 0 N–H and O–H groups in total. The molecule has 2 nitrogen and oxygen atoms in total. The molecule has 1 aromatic heterocycles. The van der Waals surface area contributed by atoms with Gasteiger partial charge in [0.25, 0.3) is 0 Å². The van der Waals surface area contributed by atoms with Crippen molar-refractivity contribution < 1.29 is 4.79 Å². The highest BCUT2D eigenvalue weighted by atomic mass is 16.1. The smallest absolute Gasteiger partial charge is 0.127 e. The molecule has 1 aromatic carbocycles. The van der Waals surface area contributed by atoms with Gasteiger partial charge in [0, 0.05) is 29.6 Å². The van der Waals surface area contributed by atoms with Crippen LogP contribution in [0.1, 0.15) is 24.1 Å². The fraction of sp³-hybridized carbons (Fsp3) is 0.308. The molecular formula is C13H15NO. The second-order valence-corrected chi connectivity index (χ2v) is 4.00. The van der Waals surface area contributed by atoms with Crippen molar-refractivity contribution in [3.63, 3.8) is 0 Å². The highest BCUT2D eigenvalue weighted by Crippen LogP contribution is 2.29. The number of carbonyl (C=O) groups excluding carboxylic acids is 1. The van der Waals surface area contributed by atoms with Gasteiger partial charge in [-0.1, -0.05) is 25.1 Å². The lowest BCUT2D eigenvalue weighted by molar-refractivity contribution is -0.108. The van der Waals surface area contributed by atoms with Crippen LogP contribution in [0.4, 0.5) is 0 Å². The largest absolute Gasteiger partial charge is 0.348 e. The SMILES string of the molecule is Cc1c(C(C)C=O)c2ccccc2n1C. The second kappa shape index (κ2) is 3.54. The molecule has 0 aliphatic heterocycles. The number of aromatic nitrogens is 1. The Morgan fingerprint density at radius 1 is 1.33 bits per heavy atom. The maximum atomic E-state index is 10.9. The number of aryl methyl sites for hydroxylation is 1. The van der Waals surface area contributed by atoms with E-state index in [2.05, 4.69) is 23.6 Å². The van der Waals surface area contributed by atoms with Crippen molar-refractivity contribution in [3.05, 3.63) is 35.5 Å². The van der Waals surface area contributed by atoms with Crippen molar-refractivity contribution in [2.45, 2.75) is 19.8 Å². The summed E-state index contributed by atoms with van der Waals surface area (Å²) in [5, 5.41) is 1.19. The zero-order valence-corrected chi connectivity index (χ0v) is 9.32. The molecule has 78 valence electrons. The van der Waals surface area contributed by atoms with E-state index in [1.54, 1.807) is 0 Å². The van der Waals surface area contributed by atoms with Crippen LogP contribution in [0, 0.1) is 6.92 Å². The number of carbonyl (C=O) groups is 1. The molecule has 0 aliphatic carbocycles. The average molecular weight is 201 g/mol. The standard InChI is InChI=1S/C13H15NO/c1-9(8-15)13-10(2)14(3)12-7-5-4-6-11(12)13/h4-9H,1-3H3. The van der Waals surface area contributed by atoms with Crippen molar-refractivity contribution >= 4 is 17.2 Å². The average Bonchev–Trinajstić information content (AvgIpc) is 2.52. The van der Waals surface area contributed by atoms with E-state index in [9.17, 15) is 4.79 Å². The van der Waals surface area contributed by atoms with Crippen LogP contribution < -0.4 is 0 Å². The zero-order valence-electron chi connectivity index (χ0n) is 9.32. The number of hydrogen-bond donors (Lipinski definition) is 0. The molecular weight excluding hydrogens is 186 g/mol. The first kappa shape index (κ1) is 9.97. The van der Waals surface area contributed by atoms with Crippen LogP contribution in [-0.4, -0.2) is 10.9 Å². The quantitative estimate of drug-likeness (QED) is 0.685. The van der Waals surface area contributed by atoms with Crippen LogP contribution in [0.2, 0.25) is 0 Å². The van der Waals surface area contributed by atoms with Crippen molar-refractivity contribution in [1.82, 2.24) is 4.57 Å². The summed E-state index contributed by atoms with van der Waals surface area (Å²) in [6.07, 6.45) is 1.01. The summed E-state index contributed by atoms with van der Waals surface area (Å²) in [7, 11) is 2.04. The van der Waals surface area contributed by atoms with Gasteiger partial charge in [0.2, 0.25) is 0 Å². The minimum atomic E-state index is -0.0314. The number of nitrogens with zero attached hydrogens (tertiary/aromatic N) is 1. The van der Waals surface area contributed by atoms with E-state index in [1.165, 1.54) is 16.6 Å². The monoisotopic (exact) mass is 201 g/mol. The number of para-hydroxylation sites is 1. The Balaban J connectivity index is 2.83. The maximum absolute atomic E-state index is 10.9. The summed E-state index contributed by atoms with van der Waals surface area (Å²) in [4.78, 5) is 10.9. The van der Waals surface area contributed by atoms with E-state index in [4.69, 9.17) is 0 Å². The molecule has 0 saturated heterocycles. The van der Waals surface area contributed by atoms with Gasteiger partial charge in [-0.05, 0) is 18.6 Å². The Morgan fingerprint density at radius 2 is 2.00 bits per heavy atom. The first-order valence-electron chi connectivity index (χ1n) is 5.16. The third-order valence-electron chi connectivity index (χ3n) is 3.11. The van der Waals surface area contributed by atoms with Gasteiger partial charge in [0.05, 0.1) is 0 Å². The van der Waals surface area contributed by atoms with Gasteiger partial charge in [0.15, 0.2) is 0 Å². The Labute approximate surface area is 89.5 Å². The number of rotatable bonds is 2. The summed E-state index contributed by atoms with van der Waals surface area (Å²) in [5.74, 6) is -0.0314. The van der Waals surface area contributed by atoms with E-state index in [0.717, 1.165) is 11.8 Å². The predicted octanol–water partition coefficient (Wildman–Crippen LogP) is 2.79. The maximum Gasteiger partial charge on any atom is 0.127 e. The van der Waals surface area contributed by atoms with Crippen LogP contribution in [0.25, 0.3) is 10.9 Å². The van der Waals surface area contributed by atoms with Crippen molar-refractivity contribution in [3.8, 4) is 0 Å². The third kappa shape index (κ3) is 1.37. The van der Waals surface area contributed by atoms with Crippen LogP contribution in [-0.2, 0) is 11.8 Å². The van der Waals surface area contributed by atoms with Gasteiger partial charge in [-0.15, -0.1) is 0 Å². The van der Waals surface area contributed by atoms with Crippen molar-refractivity contribution in [1.29, 1.82) is 0 Å². The molecule has 1 unspecified atom stereocenters. The molecule has 1 atom stereocenters. The van der Waals surface area contributed by atoms with Gasteiger partial charge in [-0.2, -0.15) is 0 Å². The molecule has 1 heterocycles. The Morgan fingerprint density at radius 3 is 2.67 bits per heavy atom. The van der Waals surface area contributed by atoms with E-state index >= 15 is 0 Å². The molecule has 0 spiro atoms. The van der Waals surface area contributed by atoms with E-state index in [-0.39, 0.29) is 5.92 Å².